The van der Waals surface area contributed by atoms with E-state index < -0.39 is 7.25 Å². The molecule has 0 aromatic rings. The standard InChI is InChI=1S/2C13H20P.C8H12.BF4.Fe.Rh/c2*1-3-11-9-10-12(4-2)14(11)13-7-5-6-8-13;1-2-4-6-8-7-5-3-1;2-1(3,4)5;;/h2*5-8,11-12H,3-4,9-10H2,1-2H3;1-2,7-8H,3-6H2;;;/q;;;-1;;. The average molecular weight is 768 g/mol. The van der Waals surface area contributed by atoms with Crippen LogP contribution in [0.3, 0.4) is 0 Å². The second kappa shape index (κ2) is 24.4. The van der Waals surface area contributed by atoms with Gasteiger partial charge in [0.25, 0.3) is 0 Å². The van der Waals surface area contributed by atoms with Crippen LogP contribution in [0.2, 0.25) is 0 Å². The third-order valence-corrected chi connectivity index (χ3v) is 15.8. The van der Waals surface area contributed by atoms with E-state index in [1.54, 1.807) is 10.6 Å². The van der Waals surface area contributed by atoms with E-state index in [2.05, 4.69) is 101 Å². The first-order valence-corrected chi connectivity index (χ1v) is 18.9. The molecule has 0 amide bonds. The first-order chi connectivity index (χ1) is 19.7. The maximum atomic E-state index is 9.75. The molecule has 0 aromatic heterocycles. The van der Waals surface area contributed by atoms with Gasteiger partial charge in [0.2, 0.25) is 0 Å². The van der Waals surface area contributed by atoms with Crippen LogP contribution in [0.25, 0.3) is 0 Å². The van der Waals surface area contributed by atoms with Crippen LogP contribution < -0.4 is 0 Å². The van der Waals surface area contributed by atoms with Crippen molar-refractivity contribution in [2.75, 3.05) is 0 Å². The SMILES string of the molecule is C1=CCCC=CCC1.CCC1CCC(CC)P1C1=CC=C[CH]1.CCC1CCC(CC)P1C1=CC=C[CH]1.F[B-](F)(F)F.[Fe].[Rh]. The molecule has 0 saturated carbocycles. The summed E-state index contributed by atoms with van der Waals surface area (Å²) in [6, 6.07) is 0. The molecule has 2 aliphatic heterocycles. The van der Waals surface area contributed by atoms with Crippen molar-refractivity contribution in [1.82, 2.24) is 0 Å². The van der Waals surface area contributed by atoms with Crippen LogP contribution in [0.15, 0.2) is 71.4 Å². The summed E-state index contributed by atoms with van der Waals surface area (Å²) in [5, 5.41) is 3.33. The number of allylic oxidation sites excluding steroid dienone is 12. The van der Waals surface area contributed by atoms with Gasteiger partial charge in [0.15, 0.2) is 0 Å². The second-order valence-electron chi connectivity index (χ2n) is 11.1. The normalized spacial score (nSPS) is 28.8. The number of hydrogen-bond acceptors (Lipinski definition) is 0. The minimum Gasteiger partial charge on any atom is -0.418 e. The third-order valence-electron chi connectivity index (χ3n) is 8.34. The van der Waals surface area contributed by atoms with Crippen molar-refractivity contribution in [3.63, 3.8) is 0 Å². The van der Waals surface area contributed by atoms with Crippen molar-refractivity contribution in [2.45, 2.75) is 127 Å². The van der Waals surface area contributed by atoms with Crippen molar-refractivity contribution in [3.8, 4) is 0 Å². The van der Waals surface area contributed by atoms with Crippen LogP contribution in [0.5, 0.6) is 0 Å². The number of rotatable bonds is 6. The van der Waals surface area contributed by atoms with E-state index in [4.69, 9.17) is 0 Å². The maximum Gasteiger partial charge on any atom is 0.673 e. The minimum atomic E-state index is -6.00. The molecular formula is C34H52BF4FeP2Rh-. The molecule has 9 heteroatoms. The van der Waals surface area contributed by atoms with E-state index >= 15 is 0 Å². The fourth-order valence-corrected chi connectivity index (χ4v) is 13.5. The van der Waals surface area contributed by atoms with Gasteiger partial charge in [0, 0.05) is 49.4 Å². The molecule has 0 aromatic carbocycles. The fraction of sp³-hybridized carbons (Fsp3) is 0.588. The summed E-state index contributed by atoms with van der Waals surface area (Å²) < 4.78 is 39.0. The van der Waals surface area contributed by atoms with Crippen LogP contribution in [0, 0.1) is 12.8 Å². The van der Waals surface area contributed by atoms with E-state index in [9.17, 15) is 17.3 Å². The van der Waals surface area contributed by atoms with Crippen molar-refractivity contribution in [1.29, 1.82) is 0 Å². The van der Waals surface area contributed by atoms with Crippen molar-refractivity contribution < 1.29 is 53.8 Å². The topological polar surface area (TPSA) is 0 Å². The molecule has 4 atom stereocenters. The molecule has 2 saturated heterocycles. The summed E-state index contributed by atoms with van der Waals surface area (Å²) in [5.41, 5.74) is 4.05. The van der Waals surface area contributed by atoms with E-state index in [1.807, 2.05) is 0 Å². The Morgan fingerprint density at radius 3 is 1.00 bits per heavy atom. The molecule has 5 aliphatic rings. The predicted octanol–water partition coefficient (Wildman–Crippen LogP) is 12.9. The smallest absolute Gasteiger partial charge is 0.418 e. The van der Waals surface area contributed by atoms with E-state index in [1.165, 1.54) is 77.0 Å². The van der Waals surface area contributed by atoms with Crippen LogP contribution in [0.4, 0.5) is 17.3 Å². The van der Waals surface area contributed by atoms with Gasteiger partial charge in [0.05, 0.1) is 0 Å². The Hall–Kier alpha value is 0.228. The monoisotopic (exact) mass is 768 g/mol. The summed E-state index contributed by atoms with van der Waals surface area (Å²) >= 11 is 0. The van der Waals surface area contributed by atoms with Gasteiger partial charge in [-0.1, -0.05) is 104 Å². The molecule has 0 bridgehead atoms. The molecule has 3 radical (unpaired) electrons. The zero-order chi connectivity index (χ0) is 30.1. The Morgan fingerprint density at radius 1 is 0.558 bits per heavy atom. The summed E-state index contributed by atoms with van der Waals surface area (Å²) in [7, 11) is -5.66. The van der Waals surface area contributed by atoms with Gasteiger partial charge in [-0.15, -0.1) is 0 Å². The van der Waals surface area contributed by atoms with Crippen LogP contribution in [0.1, 0.15) is 105 Å². The summed E-state index contributed by atoms with van der Waals surface area (Å²) in [6.45, 7) is 9.45. The molecule has 4 unspecified atom stereocenters. The Bertz CT molecular complexity index is 822. The van der Waals surface area contributed by atoms with Crippen molar-refractivity contribution >= 4 is 23.1 Å². The van der Waals surface area contributed by atoms with Crippen LogP contribution >= 0.6 is 15.8 Å². The summed E-state index contributed by atoms with van der Waals surface area (Å²) in [4.78, 5) is 0. The van der Waals surface area contributed by atoms with Crippen LogP contribution in [-0.4, -0.2) is 29.9 Å². The largest absolute Gasteiger partial charge is 0.673 e. The number of halogens is 4. The Kier molecular flexibility index (Phi) is 24.5. The Balaban J connectivity index is 0.000000575. The van der Waals surface area contributed by atoms with Gasteiger partial charge in [-0.05, 0) is 110 Å². The maximum absolute atomic E-state index is 9.75. The molecule has 0 N–H and O–H groups in total. The molecule has 0 spiro atoms. The fourth-order valence-electron chi connectivity index (χ4n) is 6.30. The first kappa shape index (κ1) is 43.2. The molecule has 2 heterocycles. The molecule has 0 nitrogen and oxygen atoms in total. The second-order valence-corrected chi connectivity index (χ2v) is 16.7. The van der Waals surface area contributed by atoms with Crippen LogP contribution in [-0.2, 0) is 36.5 Å². The zero-order valence-electron chi connectivity index (χ0n) is 26.4. The van der Waals surface area contributed by atoms with E-state index in [-0.39, 0.29) is 52.4 Å². The molecule has 2 fully saturated rings. The average Bonchev–Trinajstić information content (AvgIpc) is 3.73. The van der Waals surface area contributed by atoms with Crippen molar-refractivity contribution in [3.05, 3.63) is 84.2 Å². The minimum absolute atomic E-state index is 0. The number of hydrogen-bond donors (Lipinski definition) is 0. The predicted molar refractivity (Wildman–Crippen MR) is 179 cm³/mol. The third kappa shape index (κ3) is 16.6. The molecular weight excluding hydrogens is 716 g/mol. The van der Waals surface area contributed by atoms with Crippen molar-refractivity contribution in [2.24, 2.45) is 0 Å². The Morgan fingerprint density at radius 2 is 0.814 bits per heavy atom. The van der Waals surface area contributed by atoms with E-state index in [0.29, 0.717) is 0 Å². The zero-order valence-corrected chi connectivity index (χ0v) is 30.9. The van der Waals surface area contributed by atoms with E-state index in [0.717, 1.165) is 22.6 Å². The van der Waals surface area contributed by atoms with Gasteiger partial charge in [-0.25, -0.2) is 0 Å². The molecule has 43 heavy (non-hydrogen) atoms. The quantitative estimate of drug-likeness (QED) is 0.109. The summed E-state index contributed by atoms with van der Waals surface area (Å²) in [5.74, 6) is 0. The van der Waals surface area contributed by atoms with Gasteiger partial charge in [-0.3, -0.25) is 0 Å². The molecule has 5 rings (SSSR count). The van der Waals surface area contributed by atoms with Gasteiger partial charge < -0.3 is 17.3 Å². The first-order valence-electron chi connectivity index (χ1n) is 15.9. The van der Waals surface area contributed by atoms with Gasteiger partial charge in [-0.2, -0.15) is 0 Å². The Labute approximate surface area is 287 Å². The molecule has 247 valence electrons. The molecule has 3 aliphatic carbocycles. The van der Waals surface area contributed by atoms with Gasteiger partial charge in [0.1, 0.15) is 0 Å². The summed E-state index contributed by atoms with van der Waals surface area (Å²) in [6.07, 6.45) is 43.7. The van der Waals surface area contributed by atoms with Gasteiger partial charge >= 0.3 is 7.25 Å².